The van der Waals surface area contributed by atoms with Gasteiger partial charge in [0.15, 0.2) is 0 Å². The van der Waals surface area contributed by atoms with Crippen molar-refractivity contribution in [2.45, 2.75) is 31.7 Å². The molecule has 1 atom stereocenters. The maximum Gasteiger partial charge on any atom is 0.311 e. The van der Waals surface area contributed by atoms with Gasteiger partial charge in [-0.1, -0.05) is 18.0 Å². The molecule has 3 aromatic rings. The van der Waals surface area contributed by atoms with Crippen molar-refractivity contribution in [2.75, 3.05) is 36.5 Å². The average molecular weight is 500 g/mol. The molecule has 2 aliphatic rings. The van der Waals surface area contributed by atoms with Crippen LogP contribution in [0.25, 0.3) is 11.0 Å². The number of amides is 1. The first-order valence-electron chi connectivity index (χ1n) is 11.5. The number of nitrogens with zero attached hydrogens (tertiary/aromatic N) is 5. The SMILES string of the molecule is NC(=O)CC(n1cc(Cl)c2cnc(Nc3ccc(N4CCOCC4)nc3)nc21)C1(C(=O)O)CCC1. The van der Waals surface area contributed by atoms with E-state index < -0.39 is 23.3 Å². The molecule has 0 spiro atoms. The minimum Gasteiger partial charge on any atom is -0.481 e. The Hall–Kier alpha value is -3.44. The Morgan fingerprint density at radius 2 is 2.00 bits per heavy atom. The normalized spacial score (nSPS) is 18.1. The molecule has 1 unspecified atom stereocenters. The maximum absolute atomic E-state index is 12.2. The van der Waals surface area contributed by atoms with Gasteiger partial charge in [-0.2, -0.15) is 4.98 Å². The Labute approximate surface area is 206 Å². The summed E-state index contributed by atoms with van der Waals surface area (Å²) in [7, 11) is 0. The molecule has 1 saturated carbocycles. The van der Waals surface area contributed by atoms with E-state index in [2.05, 4.69) is 25.2 Å². The van der Waals surface area contributed by atoms with E-state index in [1.165, 1.54) is 0 Å². The van der Waals surface area contributed by atoms with Crippen molar-refractivity contribution >= 4 is 52.0 Å². The van der Waals surface area contributed by atoms with Gasteiger partial charge in [0.05, 0.1) is 47.0 Å². The number of aliphatic carboxylic acids is 1. The zero-order chi connectivity index (χ0) is 24.6. The second-order valence-electron chi connectivity index (χ2n) is 8.95. The number of hydrogen-bond acceptors (Lipinski definition) is 8. The van der Waals surface area contributed by atoms with Gasteiger partial charge in [0.1, 0.15) is 11.5 Å². The van der Waals surface area contributed by atoms with Crippen LogP contribution in [0.15, 0.2) is 30.7 Å². The van der Waals surface area contributed by atoms with Crippen LogP contribution in [0.3, 0.4) is 0 Å². The summed E-state index contributed by atoms with van der Waals surface area (Å²) in [6.07, 6.45) is 6.43. The maximum atomic E-state index is 12.2. The number of carboxylic acid groups (broad SMARTS) is 1. The predicted octanol–water partition coefficient (Wildman–Crippen LogP) is 2.73. The van der Waals surface area contributed by atoms with E-state index in [0.29, 0.717) is 53.7 Å². The van der Waals surface area contributed by atoms with Gasteiger partial charge in [-0.15, -0.1) is 0 Å². The lowest BCUT2D eigenvalue weighted by Crippen LogP contribution is -2.46. The van der Waals surface area contributed by atoms with Crippen molar-refractivity contribution in [1.29, 1.82) is 0 Å². The fraction of sp³-hybridized carbons (Fsp3) is 0.435. The van der Waals surface area contributed by atoms with Crippen LogP contribution >= 0.6 is 11.6 Å². The Bertz CT molecular complexity index is 1250. The van der Waals surface area contributed by atoms with Crippen LogP contribution in [0.1, 0.15) is 31.7 Å². The molecule has 4 N–H and O–H groups in total. The molecule has 2 fully saturated rings. The van der Waals surface area contributed by atoms with Gasteiger partial charge in [-0.05, 0) is 25.0 Å². The average Bonchev–Trinajstić information content (AvgIpc) is 3.14. The number of nitrogens with one attached hydrogen (secondary N) is 1. The highest BCUT2D eigenvalue weighted by Gasteiger charge is 2.52. The van der Waals surface area contributed by atoms with E-state index in [4.69, 9.17) is 22.1 Å². The zero-order valence-corrected chi connectivity index (χ0v) is 19.7. The lowest BCUT2D eigenvalue weighted by molar-refractivity contribution is -0.159. The molecule has 1 saturated heterocycles. The molecular formula is C23H26ClN7O4. The molecule has 35 heavy (non-hydrogen) atoms. The molecule has 4 heterocycles. The van der Waals surface area contributed by atoms with Gasteiger partial charge in [0.25, 0.3) is 0 Å². The Morgan fingerprint density at radius 3 is 2.60 bits per heavy atom. The Balaban J connectivity index is 1.46. The number of nitrogens with two attached hydrogens (primary N) is 1. The first-order valence-corrected chi connectivity index (χ1v) is 11.9. The molecule has 12 heteroatoms. The standard InChI is InChI=1S/C23H26ClN7O4/c24-16-13-31(17(10-18(25)32)23(21(33)34)4-1-5-23)20-15(16)12-27-22(29-20)28-14-2-3-19(26-11-14)30-6-8-35-9-7-30/h2-3,11-13,17H,1,4-10H2,(H2,25,32)(H,33,34)(H,27,28,29). The lowest BCUT2D eigenvalue weighted by atomic mass is 9.63. The van der Waals surface area contributed by atoms with Crippen molar-refractivity contribution in [3.8, 4) is 0 Å². The number of morpholine rings is 1. The number of primary amides is 1. The summed E-state index contributed by atoms with van der Waals surface area (Å²) >= 11 is 6.44. The first-order chi connectivity index (χ1) is 16.9. The van der Waals surface area contributed by atoms with Crippen molar-refractivity contribution in [3.63, 3.8) is 0 Å². The summed E-state index contributed by atoms with van der Waals surface area (Å²) in [4.78, 5) is 39.8. The number of halogens is 1. The molecule has 0 bridgehead atoms. The molecule has 5 rings (SSSR count). The van der Waals surface area contributed by atoms with E-state index in [-0.39, 0.29) is 6.42 Å². The van der Waals surface area contributed by atoms with E-state index in [0.717, 1.165) is 25.3 Å². The summed E-state index contributed by atoms with van der Waals surface area (Å²) < 4.78 is 7.05. The monoisotopic (exact) mass is 499 g/mol. The molecule has 1 aliphatic carbocycles. The third-order valence-corrected chi connectivity index (χ3v) is 7.20. The second kappa shape index (κ2) is 9.31. The van der Waals surface area contributed by atoms with E-state index in [1.807, 2.05) is 12.1 Å². The first kappa shape index (κ1) is 23.3. The van der Waals surface area contributed by atoms with Gasteiger partial charge in [-0.25, -0.2) is 9.97 Å². The molecule has 3 aromatic heterocycles. The number of hydrogen-bond donors (Lipinski definition) is 3. The molecule has 1 aliphatic heterocycles. The largest absolute Gasteiger partial charge is 0.481 e. The molecule has 11 nitrogen and oxygen atoms in total. The van der Waals surface area contributed by atoms with Crippen LogP contribution in [-0.2, 0) is 14.3 Å². The van der Waals surface area contributed by atoms with Crippen LogP contribution in [0.4, 0.5) is 17.5 Å². The minimum absolute atomic E-state index is 0.133. The fourth-order valence-electron chi connectivity index (χ4n) is 4.86. The van der Waals surface area contributed by atoms with Crippen LogP contribution in [0, 0.1) is 5.41 Å². The summed E-state index contributed by atoms with van der Waals surface area (Å²) in [6, 6.07) is 3.10. The van der Waals surface area contributed by atoms with Crippen molar-refractivity contribution in [3.05, 3.63) is 35.7 Å². The number of carbonyl (C=O) groups excluding carboxylic acids is 1. The number of aromatic nitrogens is 4. The number of rotatable bonds is 8. The summed E-state index contributed by atoms with van der Waals surface area (Å²) in [5.41, 5.74) is 5.55. The summed E-state index contributed by atoms with van der Waals surface area (Å²) in [6.45, 7) is 2.94. The van der Waals surface area contributed by atoms with Crippen molar-refractivity contribution in [2.24, 2.45) is 11.1 Å². The number of pyridine rings is 1. The second-order valence-corrected chi connectivity index (χ2v) is 9.35. The van der Waals surface area contributed by atoms with Crippen LogP contribution in [0.5, 0.6) is 0 Å². The van der Waals surface area contributed by atoms with Gasteiger partial charge in [-0.3, -0.25) is 9.59 Å². The van der Waals surface area contributed by atoms with Crippen LogP contribution in [0.2, 0.25) is 5.02 Å². The number of carbonyl (C=O) groups is 2. The molecule has 184 valence electrons. The molecule has 0 aromatic carbocycles. The Morgan fingerprint density at radius 1 is 1.23 bits per heavy atom. The van der Waals surface area contributed by atoms with E-state index in [1.54, 1.807) is 23.2 Å². The third kappa shape index (κ3) is 4.37. The number of carboxylic acids is 1. The zero-order valence-electron chi connectivity index (χ0n) is 19.0. The van der Waals surface area contributed by atoms with Gasteiger partial charge >= 0.3 is 5.97 Å². The third-order valence-electron chi connectivity index (χ3n) is 6.90. The summed E-state index contributed by atoms with van der Waals surface area (Å²) in [5, 5.41) is 14.1. The molecular weight excluding hydrogens is 474 g/mol. The topological polar surface area (TPSA) is 148 Å². The summed E-state index contributed by atoms with van der Waals surface area (Å²) in [5.74, 6) is -0.374. The number of anilines is 3. The highest BCUT2D eigenvalue weighted by Crippen LogP contribution is 2.52. The van der Waals surface area contributed by atoms with Crippen molar-refractivity contribution in [1.82, 2.24) is 19.5 Å². The number of fused-ring (bicyclic) bond motifs is 1. The van der Waals surface area contributed by atoms with Crippen LogP contribution < -0.4 is 16.0 Å². The van der Waals surface area contributed by atoms with E-state index >= 15 is 0 Å². The molecule has 1 amide bonds. The highest BCUT2D eigenvalue weighted by molar-refractivity contribution is 6.35. The van der Waals surface area contributed by atoms with Gasteiger partial charge < -0.3 is 30.4 Å². The van der Waals surface area contributed by atoms with Crippen LogP contribution in [-0.4, -0.2) is 62.8 Å². The fourth-order valence-corrected chi connectivity index (χ4v) is 5.09. The predicted molar refractivity (Wildman–Crippen MR) is 130 cm³/mol. The smallest absolute Gasteiger partial charge is 0.311 e. The van der Waals surface area contributed by atoms with Crippen molar-refractivity contribution < 1.29 is 19.4 Å². The van der Waals surface area contributed by atoms with Gasteiger partial charge in [0.2, 0.25) is 11.9 Å². The van der Waals surface area contributed by atoms with Gasteiger partial charge in [0, 0.05) is 31.9 Å². The molecule has 0 radical (unpaired) electrons. The Kier molecular flexibility index (Phi) is 6.20. The quantitative estimate of drug-likeness (QED) is 0.425. The lowest BCUT2D eigenvalue weighted by Gasteiger charge is -2.44. The van der Waals surface area contributed by atoms with E-state index in [9.17, 15) is 14.7 Å². The minimum atomic E-state index is -1.10. The highest BCUT2D eigenvalue weighted by atomic mass is 35.5. The number of ether oxygens (including phenoxy) is 1.